The first-order valence-corrected chi connectivity index (χ1v) is 12.5. The van der Waals surface area contributed by atoms with E-state index < -0.39 is 0 Å². The molecule has 5 aromatic rings. The second-order valence-corrected chi connectivity index (χ2v) is 8.99. The fourth-order valence-electron chi connectivity index (χ4n) is 4.88. The summed E-state index contributed by atoms with van der Waals surface area (Å²) in [6.07, 6.45) is 2.45. The predicted molar refractivity (Wildman–Crippen MR) is 154 cm³/mol. The lowest BCUT2D eigenvalue weighted by Crippen LogP contribution is -2.04. The summed E-state index contributed by atoms with van der Waals surface area (Å²) in [7, 11) is 0. The van der Waals surface area contributed by atoms with Crippen molar-refractivity contribution in [2.75, 3.05) is 0 Å². The Kier molecular flexibility index (Phi) is 7.35. The van der Waals surface area contributed by atoms with Crippen LogP contribution in [0.2, 0.25) is 0 Å². The summed E-state index contributed by atoms with van der Waals surface area (Å²) in [5, 5.41) is 0. The van der Waals surface area contributed by atoms with Crippen molar-refractivity contribution >= 4 is 11.1 Å². The van der Waals surface area contributed by atoms with Gasteiger partial charge >= 0.3 is 0 Å². The summed E-state index contributed by atoms with van der Waals surface area (Å²) in [5.41, 5.74) is 10.0. The molecule has 0 spiro atoms. The molecule has 0 saturated heterocycles. The molecule has 0 aromatic heterocycles. The molecule has 1 atom stereocenters. The van der Waals surface area contributed by atoms with Crippen molar-refractivity contribution in [2.24, 2.45) is 0 Å². The molecule has 0 unspecified atom stereocenters. The van der Waals surface area contributed by atoms with E-state index in [-0.39, 0.29) is 5.92 Å². The summed E-state index contributed by atoms with van der Waals surface area (Å²) in [6, 6.07) is 53.8. The molecule has 5 aromatic carbocycles. The maximum atomic E-state index is 2.45. The third-order valence-electron chi connectivity index (χ3n) is 6.65. The second-order valence-electron chi connectivity index (χ2n) is 8.99. The van der Waals surface area contributed by atoms with Crippen LogP contribution in [0.1, 0.15) is 40.7 Å². The maximum Gasteiger partial charge on any atom is 0.0244 e. The summed E-state index contributed by atoms with van der Waals surface area (Å²) in [4.78, 5) is 0. The van der Waals surface area contributed by atoms with Crippen LogP contribution in [0.3, 0.4) is 0 Å². The van der Waals surface area contributed by atoms with Crippen molar-refractivity contribution in [3.63, 3.8) is 0 Å². The van der Waals surface area contributed by atoms with Crippen molar-refractivity contribution in [2.45, 2.75) is 12.8 Å². The zero-order chi connectivity index (χ0) is 24.6. The first-order chi connectivity index (χ1) is 17.8. The number of rotatable bonds is 7. The minimum absolute atomic E-state index is 0.0945. The molecule has 0 fully saturated rings. The average molecular weight is 463 g/mol. The first kappa shape index (κ1) is 23.3. The van der Waals surface area contributed by atoms with E-state index in [0.717, 1.165) is 0 Å². The topological polar surface area (TPSA) is 0 Å². The van der Waals surface area contributed by atoms with Crippen LogP contribution in [0.15, 0.2) is 163 Å². The minimum Gasteiger partial charge on any atom is -0.0645 e. The van der Waals surface area contributed by atoms with E-state index in [1.165, 1.54) is 44.5 Å². The smallest absolute Gasteiger partial charge is 0.0244 e. The number of benzene rings is 5. The van der Waals surface area contributed by atoms with E-state index in [4.69, 9.17) is 0 Å². The lowest BCUT2D eigenvalue weighted by molar-refractivity contribution is 0.994. The Morgan fingerprint density at radius 2 is 0.778 bits per heavy atom. The Morgan fingerprint density at radius 3 is 1.17 bits per heavy atom. The third-order valence-corrected chi connectivity index (χ3v) is 6.65. The second kappa shape index (κ2) is 11.3. The van der Waals surface area contributed by atoms with Crippen LogP contribution < -0.4 is 0 Å². The fourth-order valence-corrected chi connectivity index (χ4v) is 4.88. The Hall–Kier alpha value is -4.42. The first-order valence-electron chi connectivity index (χ1n) is 12.5. The Labute approximate surface area is 214 Å². The Morgan fingerprint density at radius 1 is 0.444 bits per heavy atom. The monoisotopic (exact) mass is 462 g/mol. The standard InChI is InChI=1S/C36H30/c1-28(36(32-23-13-5-14-24-32)33-25-15-6-16-26-33)34(29-17-7-2-8-18-29)27-35(30-19-9-3-10-20-30)31-21-11-4-12-22-31/h2-27,34H,1H3/t34-/m0/s1. The highest BCUT2D eigenvalue weighted by Crippen LogP contribution is 2.38. The van der Waals surface area contributed by atoms with Crippen LogP contribution in [0.25, 0.3) is 11.1 Å². The summed E-state index contributed by atoms with van der Waals surface area (Å²) in [6.45, 7) is 2.29. The zero-order valence-electron chi connectivity index (χ0n) is 20.6. The van der Waals surface area contributed by atoms with E-state index in [1.807, 2.05) is 0 Å². The van der Waals surface area contributed by atoms with Gasteiger partial charge in [-0.05, 0) is 45.9 Å². The van der Waals surface area contributed by atoms with Crippen LogP contribution in [-0.4, -0.2) is 0 Å². The van der Waals surface area contributed by atoms with Crippen LogP contribution in [-0.2, 0) is 0 Å². The Balaban J connectivity index is 1.78. The summed E-state index contributed by atoms with van der Waals surface area (Å²) in [5.74, 6) is 0.0945. The molecule has 0 heterocycles. The molecule has 0 heteroatoms. The molecule has 0 aliphatic carbocycles. The lowest BCUT2D eigenvalue weighted by Gasteiger charge is -2.22. The van der Waals surface area contributed by atoms with Gasteiger partial charge in [0.25, 0.3) is 0 Å². The minimum atomic E-state index is 0.0945. The predicted octanol–water partition coefficient (Wildman–Crippen LogP) is 9.42. The van der Waals surface area contributed by atoms with E-state index >= 15 is 0 Å². The highest BCUT2D eigenvalue weighted by molar-refractivity contribution is 5.85. The largest absolute Gasteiger partial charge is 0.0645 e. The van der Waals surface area contributed by atoms with Gasteiger partial charge in [-0.15, -0.1) is 0 Å². The van der Waals surface area contributed by atoms with Gasteiger partial charge in [-0.3, -0.25) is 0 Å². The van der Waals surface area contributed by atoms with Crippen molar-refractivity contribution in [1.82, 2.24) is 0 Å². The van der Waals surface area contributed by atoms with Gasteiger partial charge in [-0.1, -0.05) is 163 Å². The van der Waals surface area contributed by atoms with Crippen molar-refractivity contribution in [3.05, 3.63) is 191 Å². The quantitative estimate of drug-likeness (QED) is 0.226. The van der Waals surface area contributed by atoms with Gasteiger partial charge in [0.1, 0.15) is 0 Å². The molecule has 0 aliphatic rings. The van der Waals surface area contributed by atoms with Gasteiger partial charge in [-0.25, -0.2) is 0 Å². The van der Waals surface area contributed by atoms with Gasteiger partial charge in [-0.2, -0.15) is 0 Å². The summed E-state index contributed by atoms with van der Waals surface area (Å²) >= 11 is 0. The Bertz CT molecular complexity index is 1350. The molecular weight excluding hydrogens is 432 g/mol. The van der Waals surface area contributed by atoms with Crippen molar-refractivity contribution < 1.29 is 0 Å². The normalized spacial score (nSPS) is 11.4. The van der Waals surface area contributed by atoms with Gasteiger partial charge in [0, 0.05) is 5.92 Å². The molecule has 0 amide bonds. The average Bonchev–Trinajstić information content (AvgIpc) is 2.96. The molecule has 0 bridgehead atoms. The third kappa shape index (κ3) is 5.29. The molecule has 0 radical (unpaired) electrons. The molecule has 0 N–H and O–H groups in total. The van der Waals surface area contributed by atoms with Crippen LogP contribution in [0.5, 0.6) is 0 Å². The number of hydrogen-bond donors (Lipinski definition) is 0. The molecule has 0 saturated carbocycles. The van der Waals surface area contributed by atoms with Gasteiger partial charge in [0.2, 0.25) is 0 Å². The van der Waals surface area contributed by atoms with Gasteiger partial charge in [0.05, 0.1) is 0 Å². The number of hydrogen-bond acceptors (Lipinski definition) is 0. The van der Waals surface area contributed by atoms with E-state index in [9.17, 15) is 0 Å². The molecule has 36 heavy (non-hydrogen) atoms. The fraction of sp³-hybridized carbons (Fsp3) is 0.0556. The lowest BCUT2D eigenvalue weighted by atomic mass is 9.81. The van der Waals surface area contributed by atoms with Crippen LogP contribution in [0.4, 0.5) is 0 Å². The van der Waals surface area contributed by atoms with Crippen molar-refractivity contribution in [3.8, 4) is 0 Å². The van der Waals surface area contributed by atoms with E-state index in [1.54, 1.807) is 0 Å². The molecule has 0 aliphatic heterocycles. The highest BCUT2D eigenvalue weighted by Gasteiger charge is 2.19. The molecule has 0 nitrogen and oxygen atoms in total. The zero-order valence-corrected chi connectivity index (χ0v) is 20.6. The van der Waals surface area contributed by atoms with Crippen LogP contribution >= 0.6 is 0 Å². The van der Waals surface area contributed by atoms with Gasteiger partial charge in [0.15, 0.2) is 0 Å². The number of allylic oxidation sites excluding steroid dienone is 2. The summed E-state index contributed by atoms with van der Waals surface area (Å²) < 4.78 is 0. The van der Waals surface area contributed by atoms with Crippen molar-refractivity contribution in [1.29, 1.82) is 0 Å². The molecule has 174 valence electrons. The van der Waals surface area contributed by atoms with E-state index in [2.05, 4.69) is 165 Å². The molecule has 5 rings (SSSR count). The van der Waals surface area contributed by atoms with Gasteiger partial charge < -0.3 is 0 Å². The highest BCUT2D eigenvalue weighted by atomic mass is 14.2. The van der Waals surface area contributed by atoms with Crippen LogP contribution in [0, 0.1) is 0 Å². The maximum absolute atomic E-state index is 2.45. The molecular formula is C36H30. The SMILES string of the molecule is CC(=C(c1ccccc1)c1ccccc1)[C@H](C=C(c1ccccc1)c1ccccc1)c1ccccc1. The van der Waals surface area contributed by atoms with E-state index in [0.29, 0.717) is 0 Å².